The number of rotatable bonds is 8. The fourth-order valence-electron chi connectivity index (χ4n) is 5.27. The average molecular weight is 606 g/mol. The number of fused-ring (bicyclic) bond motifs is 2. The van der Waals surface area contributed by atoms with Gasteiger partial charge in [0.25, 0.3) is 0 Å². The van der Waals surface area contributed by atoms with Crippen molar-refractivity contribution in [1.29, 1.82) is 0 Å². The second-order valence-corrected chi connectivity index (χ2v) is 12.6. The second-order valence-electron chi connectivity index (χ2n) is 10.2. The van der Waals surface area contributed by atoms with Crippen LogP contribution in [0, 0.1) is 0 Å². The molecular formula is C35H29O8Si+. The van der Waals surface area contributed by atoms with Crippen molar-refractivity contribution < 1.29 is 27.8 Å². The molecule has 0 saturated heterocycles. The van der Waals surface area contributed by atoms with Gasteiger partial charge in [-0.3, -0.25) is 0 Å². The molecule has 0 unspecified atom stereocenters. The summed E-state index contributed by atoms with van der Waals surface area (Å²) < 4.78 is 32.9. The highest BCUT2D eigenvalue weighted by Gasteiger charge is 2.27. The molecule has 0 bridgehead atoms. The molecule has 0 N–H and O–H groups in total. The highest BCUT2D eigenvalue weighted by atomic mass is 28.3. The Labute approximate surface area is 254 Å². The van der Waals surface area contributed by atoms with Gasteiger partial charge in [-0.15, -0.1) is 0 Å². The van der Waals surface area contributed by atoms with Crippen LogP contribution in [-0.4, -0.2) is 37.2 Å². The highest BCUT2D eigenvalue weighted by Crippen LogP contribution is 2.34. The Hall–Kier alpha value is -5.28. The van der Waals surface area contributed by atoms with Crippen LogP contribution >= 0.6 is 0 Å². The van der Waals surface area contributed by atoms with Crippen LogP contribution in [0.3, 0.4) is 0 Å². The molecule has 220 valence electrons. The van der Waals surface area contributed by atoms with E-state index in [1.54, 1.807) is 64.8 Å². The van der Waals surface area contributed by atoms with Gasteiger partial charge in [0, 0.05) is 24.3 Å². The fraction of sp³-hybridized carbons (Fsp3) is 0.143. The molecule has 0 spiro atoms. The minimum absolute atomic E-state index is 0.398. The van der Waals surface area contributed by atoms with E-state index in [0.717, 1.165) is 11.1 Å². The summed E-state index contributed by atoms with van der Waals surface area (Å²) in [5.74, 6) is 2.21. The SMILES string of the molecule is COc1cc(OC)c2cc(-c3ccc([Si+](C)c4ccc(-c5cc6c(OC)cc(OC)cc6oc5=O)cc4)cc3)c(=O)oc2c1. The topological polar surface area (TPSA) is 97.3 Å². The van der Waals surface area contributed by atoms with E-state index in [0.29, 0.717) is 56.1 Å². The quantitative estimate of drug-likeness (QED) is 0.166. The maximum Gasteiger partial charge on any atom is 0.387 e. The first kappa shape index (κ1) is 28.8. The zero-order valence-electron chi connectivity index (χ0n) is 24.8. The summed E-state index contributed by atoms with van der Waals surface area (Å²) in [5, 5.41) is 3.71. The Morgan fingerprint density at radius 3 is 1.25 bits per heavy atom. The molecule has 2 aromatic heterocycles. The minimum atomic E-state index is -1.14. The van der Waals surface area contributed by atoms with Gasteiger partial charge in [0.15, 0.2) is 0 Å². The Morgan fingerprint density at radius 2 is 0.909 bits per heavy atom. The van der Waals surface area contributed by atoms with E-state index in [2.05, 4.69) is 6.55 Å². The molecule has 9 heteroatoms. The predicted molar refractivity (Wildman–Crippen MR) is 173 cm³/mol. The lowest BCUT2D eigenvalue weighted by Gasteiger charge is -2.09. The molecule has 4 aromatic carbocycles. The molecule has 0 radical (unpaired) electrons. The molecule has 0 aliphatic heterocycles. The molecule has 2 heterocycles. The molecule has 0 amide bonds. The van der Waals surface area contributed by atoms with Gasteiger partial charge < -0.3 is 27.8 Å². The van der Waals surface area contributed by atoms with Crippen molar-refractivity contribution in [2.45, 2.75) is 6.55 Å². The van der Waals surface area contributed by atoms with Gasteiger partial charge in [-0.25, -0.2) is 9.59 Å². The Morgan fingerprint density at radius 1 is 0.523 bits per heavy atom. The molecule has 0 saturated carbocycles. The first-order valence-electron chi connectivity index (χ1n) is 13.8. The third-order valence-electron chi connectivity index (χ3n) is 7.75. The van der Waals surface area contributed by atoms with Crippen LogP contribution in [0.1, 0.15) is 0 Å². The first-order chi connectivity index (χ1) is 21.3. The summed E-state index contributed by atoms with van der Waals surface area (Å²) in [7, 11) is 5.09. The van der Waals surface area contributed by atoms with Crippen molar-refractivity contribution >= 4 is 41.1 Å². The van der Waals surface area contributed by atoms with Gasteiger partial charge in [0.1, 0.15) is 44.5 Å². The minimum Gasteiger partial charge on any atom is -0.496 e. The molecule has 0 fully saturated rings. The summed E-state index contributed by atoms with van der Waals surface area (Å²) in [4.78, 5) is 25.8. The van der Waals surface area contributed by atoms with Crippen LogP contribution in [0.15, 0.2) is 103 Å². The normalized spacial score (nSPS) is 11.0. The van der Waals surface area contributed by atoms with Gasteiger partial charge in [-0.05, 0) is 47.5 Å². The van der Waals surface area contributed by atoms with E-state index < -0.39 is 20.0 Å². The van der Waals surface area contributed by atoms with Crippen molar-refractivity contribution in [2.75, 3.05) is 28.4 Å². The molecule has 8 nitrogen and oxygen atoms in total. The summed E-state index contributed by atoms with van der Waals surface area (Å²) >= 11 is 0. The number of hydrogen-bond donors (Lipinski definition) is 0. The zero-order chi connectivity index (χ0) is 31.0. The van der Waals surface area contributed by atoms with Gasteiger partial charge in [0.2, 0.25) is 0 Å². The third-order valence-corrected chi connectivity index (χ3v) is 10.1. The van der Waals surface area contributed by atoms with Gasteiger partial charge in [-0.2, -0.15) is 0 Å². The molecule has 6 rings (SSSR count). The third kappa shape index (κ3) is 5.22. The lowest BCUT2D eigenvalue weighted by molar-refractivity contribution is 0.395. The van der Waals surface area contributed by atoms with Crippen LogP contribution in [-0.2, 0) is 0 Å². The van der Waals surface area contributed by atoms with Crippen LogP contribution in [0.5, 0.6) is 23.0 Å². The average Bonchev–Trinajstić information content (AvgIpc) is 3.06. The van der Waals surface area contributed by atoms with Crippen molar-refractivity contribution in [2.24, 2.45) is 0 Å². The number of benzene rings is 4. The molecule has 44 heavy (non-hydrogen) atoms. The van der Waals surface area contributed by atoms with Crippen LogP contribution in [0.2, 0.25) is 6.55 Å². The molecule has 0 atom stereocenters. The smallest absolute Gasteiger partial charge is 0.387 e. The number of ether oxygens (including phenoxy) is 4. The zero-order valence-corrected chi connectivity index (χ0v) is 25.8. The van der Waals surface area contributed by atoms with Crippen molar-refractivity contribution in [1.82, 2.24) is 0 Å². The molecular weight excluding hydrogens is 576 g/mol. The number of methoxy groups -OCH3 is 4. The first-order valence-corrected chi connectivity index (χ1v) is 15.8. The molecule has 0 aliphatic carbocycles. The van der Waals surface area contributed by atoms with Crippen molar-refractivity contribution in [3.63, 3.8) is 0 Å². The van der Waals surface area contributed by atoms with Crippen molar-refractivity contribution in [3.05, 3.63) is 106 Å². The lowest BCUT2D eigenvalue weighted by atomic mass is 10.1. The monoisotopic (exact) mass is 605 g/mol. The summed E-state index contributed by atoms with van der Waals surface area (Å²) in [6, 6.07) is 26.4. The maximum absolute atomic E-state index is 12.9. The standard InChI is InChI=1S/C35H29O8Si/c1-38-22-14-30(40-3)28-18-26(34(36)42-32(28)16-22)20-6-10-24(11-7-20)44(5)25-12-8-21(9-13-25)27-19-29-31(41-4)15-23(39-2)17-33(29)43-35(27)37/h6-19H,1-5H3/q+1. The van der Waals surface area contributed by atoms with E-state index >= 15 is 0 Å². The summed E-state index contributed by atoms with van der Waals surface area (Å²) in [6.45, 7) is 2.21. The molecule has 0 aliphatic rings. The van der Waals surface area contributed by atoms with Gasteiger partial charge in [-0.1, -0.05) is 24.3 Å². The van der Waals surface area contributed by atoms with E-state index in [1.165, 1.54) is 10.4 Å². The fourth-order valence-corrected chi connectivity index (χ4v) is 6.93. The second kappa shape index (κ2) is 11.8. The lowest BCUT2D eigenvalue weighted by Crippen LogP contribution is -2.38. The Bertz CT molecular complexity index is 1960. The largest absolute Gasteiger partial charge is 0.496 e. The van der Waals surface area contributed by atoms with E-state index in [-0.39, 0.29) is 0 Å². The van der Waals surface area contributed by atoms with Crippen LogP contribution in [0.4, 0.5) is 0 Å². The van der Waals surface area contributed by atoms with E-state index in [9.17, 15) is 9.59 Å². The molecule has 6 aromatic rings. The van der Waals surface area contributed by atoms with Crippen molar-refractivity contribution in [3.8, 4) is 45.3 Å². The van der Waals surface area contributed by atoms with Crippen LogP contribution < -0.4 is 40.6 Å². The van der Waals surface area contributed by atoms with E-state index in [1.807, 2.05) is 48.5 Å². The Kier molecular flexibility index (Phi) is 7.71. The van der Waals surface area contributed by atoms with Crippen LogP contribution in [0.25, 0.3) is 44.2 Å². The number of hydrogen-bond acceptors (Lipinski definition) is 8. The Balaban J connectivity index is 1.28. The summed E-state index contributed by atoms with van der Waals surface area (Å²) in [6.07, 6.45) is 0. The van der Waals surface area contributed by atoms with Gasteiger partial charge in [0.05, 0.1) is 56.9 Å². The van der Waals surface area contributed by atoms with Gasteiger partial charge >= 0.3 is 20.0 Å². The van der Waals surface area contributed by atoms with E-state index in [4.69, 9.17) is 27.8 Å². The summed E-state index contributed by atoms with van der Waals surface area (Å²) in [5.41, 5.74) is 2.33. The predicted octanol–water partition coefficient (Wildman–Crippen LogP) is 5.51. The maximum atomic E-state index is 12.9. The highest BCUT2D eigenvalue weighted by molar-refractivity contribution is 6.84.